The molecule has 26 heavy (non-hydrogen) atoms. The number of sulfone groups is 1. The summed E-state index contributed by atoms with van der Waals surface area (Å²) >= 11 is 6.35. The zero-order valence-electron chi connectivity index (χ0n) is 16.0. The van der Waals surface area contributed by atoms with Crippen LogP contribution in [0.25, 0.3) is 11.1 Å². The summed E-state index contributed by atoms with van der Waals surface area (Å²) in [5, 5.41) is -0.240. The van der Waals surface area contributed by atoms with Gasteiger partial charge >= 0.3 is 0 Å². The highest BCUT2D eigenvalue weighted by molar-refractivity contribution is 7.92. The molecule has 0 aliphatic heterocycles. The van der Waals surface area contributed by atoms with Crippen molar-refractivity contribution in [1.82, 2.24) is 9.88 Å². The zero-order valence-corrected chi connectivity index (χ0v) is 17.6. The first-order valence-electron chi connectivity index (χ1n) is 9.01. The van der Waals surface area contributed by atoms with Crippen LogP contribution in [0.3, 0.4) is 0 Å². The van der Waals surface area contributed by atoms with Gasteiger partial charge in [-0.3, -0.25) is 0 Å². The van der Waals surface area contributed by atoms with Gasteiger partial charge in [0.15, 0.2) is 15.4 Å². The first-order valence-corrected chi connectivity index (χ1v) is 10.9. The molecule has 0 spiro atoms. The Balaban J connectivity index is 2.11. The molecule has 0 radical (unpaired) electrons. The lowest BCUT2D eigenvalue weighted by molar-refractivity contribution is 0.230. The molecule has 0 bridgehead atoms. The van der Waals surface area contributed by atoms with Crippen molar-refractivity contribution in [1.29, 1.82) is 0 Å². The molecular weight excluding hydrogens is 372 g/mol. The van der Waals surface area contributed by atoms with Crippen molar-refractivity contribution in [3.8, 4) is 0 Å². The minimum atomic E-state index is -3.61. The van der Waals surface area contributed by atoms with Crippen LogP contribution in [0.15, 0.2) is 21.4 Å². The van der Waals surface area contributed by atoms with Gasteiger partial charge in [0, 0.05) is 11.5 Å². The van der Waals surface area contributed by atoms with Crippen molar-refractivity contribution in [2.24, 2.45) is 0 Å². The summed E-state index contributed by atoms with van der Waals surface area (Å²) in [5.41, 5.74) is 0.514. The number of hydrogen-bond acceptors (Lipinski definition) is 5. The van der Waals surface area contributed by atoms with Crippen LogP contribution < -0.4 is 0 Å². The minimum Gasteiger partial charge on any atom is -0.439 e. The van der Waals surface area contributed by atoms with E-state index in [0.29, 0.717) is 24.2 Å². The SMILES string of the molecule is CN(C)[C@H]1CCC[C@H](S(=O)(=O)c2c(Cl)ccc3nc(C(C)(C)C)oc23)C1. The molecule has 5 nitrogen and oxygen atoms in total. The number of nitrogens with zero attached hydrogens (tertiary/aromatic N) is 2. The molecule has 1 aromatic carbocycles. The summed E-state index contributed by atoms with van der Waals surface area (Å²) in [6.45, 7) is 5.95. The van der Waals surface area contributed by atoms with Crippen LogP contribution in [0.2, 0.25) is 5.02 Å². The number of hydrogen-bond donors (Lipinski definition) is 0. The molecule has 3 rings (SSSR count). The molecule has 0 N–H and O–H groups in total. The summed E-state index contributed by atoms with van der Waals surface area (Å²) in [4.78, 5) is 6.70. The van der Waals surface area contributed by atoms with E-state index in [1.165, 1.54) is 0 Å². The van der Waals surface area contributed by atoms with E-state index < -0.39 is 15.1 Å². The van der Waals surface area contributed by atoms with E-state index >= 15 is 0 Å². The zero-order chi connectivity index (χ0) is 19.3. The number of rotatable bonds is 3. The van der Waals surface area contributed by atoms with Crippen molar-refractivity contribution in [2.75, 3.05) is 14.1 Å². The Hall–Kier alpha value is -1.11. The third-order valence-electron chi connectivity index (χ3n) is 5.16. The number of aromatic nitrogens is 1. The Morgan fingerprint density at radius 1 is 1.23 bits per heavy atom. The maximum Gasteiger partial charge on any atom is 0.200 e. The second-order valence-electron chi connectivity index (χ2n) is 8.44. The molecule has 0 amide bonds. The highest BCUT2D eigenvalue weighted by atomic mass is 35.5. The van der Waals surface area contributed by atoms with E-state index in [2.05, 4.69) is 9.88 Å². The number of fused-ring (bicyclic) bond motifs is 1. The van der Waals surface area contributed by atoms with Crippen molar-refractivity contribution in [2.45, 2.75) is 68.1 Å². The number of halogens is 1. The Kier molecular flexibility index (Phi) is 5.14. The van der Waals surface area contributed by atoms with Crippen molar-refractivity contribution in [3.05, 3.63) is 23.0 Å². The van der Waals surface area contributed by atoms with Crippen LogP contribution in [0, 0.1) is 0 Å². The monoisotopic (exact) mass is 398 g/mol. The smallest absolute Gasteiger partial charge is 0.200 e. The fraction of sp³-hybridized carbons (Fsp3) is 0.632. The summed E-state index contributed by atoms with van der Waals surface area (Å²) in [7, 11) is 0.389. The maximum atomic E-state index is 13.5. The molecule has 1 saturated carbocycles. The van der Waals surface area contributed by atoms with Gasteiger partial charge in [-0.1, -0.05) is 38.8 Å². The number of benzene rings is 1. The topological polar surface area (TPSA) is 63.4 Å². The predicted octanol–water partition coefficient (Wildman–Crippen LogP) is 4.43. The standard InChI is InChI=1S/C19H27ClN2O3S/c1-19(2,3)18-21-15-10-9-14(20)17(16(15)25-18)26(23,24)13-8-6-7-12(11-13)22(4)5/h9-10,12-13H,6-8,11H2,1-5H3/t12-,13-/m0/s1. The average molecular weight is 399 g/mol. The molecule has 2 atom stereocenters. The second-order valence-corrected chi connectivity index (χ2v) is 11.0. The van der Waals surface area contributed by atoms with Gasteiger partial charge in [-0.25, -0.2) is 13.4 Å². The largest absolute Gasteiger partial charge is 0.439 e. The van der Waals surface area contributed by atoms with E-state index in [0.717, 1.165) is 12.8 Å². The summed E-state index contributed by atoms with van der Waals surface area (Å²) < 4.78 is 32.8. The van der Waals surface area contributed by atoms with Gasteiger partial charge in [-0.15, -0.1) is 0 Å². The molecule has 0 saturated heterocycles. The van der Waals surface area contributed by atoms with Gasteiger partial charge in [0.1, 0.15) is 10.4 Å². The molecular formula is C19H27ClN2O3S. The van der Waals surface area contributed by atoms with Gasteiger partial charge in [0.05, 0.1) is 10.3 Å². The molecule has 1 heterocycles. The van der Waals surface area contributed by atoms with Gasteiger partial charge < -0.3 is 9.32 Å². The van der Waals surface area contributed by atoms with E-state index in [9.17, 15) is 8.42 Å². The molecule has 2 aromatic rings. The van der Waals surface area contributed by atoms with Gasteiger partial charge in [-0.2, -0.15) is 0 Å². The lowest BCUT2D eigenvalue weighted by Crippen LogP contribution is -2.38. The van der Waals surface area contributed by atoms with Crippen LogP contribution in [-0.2, 0) is 15.3 Å². The second kappa shape index (κ2) is 6.80. The third kappa shape index (κ3) is 3.51. The van der Waals surface area contributed by atoms with Crippen LogP contribution in [0.1, 0.15) is 52.3 Å². The molecule has 0 unspecified atom stereocenters. The summed E-state index contributed by atoms with van der Waals surface area (Å²) in [5.74, 6) is 0.515. The van der Waals surface area contributed by atoms with Crippen LogP contribution in [0.5, 0.6) is 0 Å². The molecule has 1 fully saturated rings. The highest BCUT2D eigenvalue weighted by Crippen LogP contribution is 2.38. The van der Waals surface area contributed by atoms with Crippen molar-refractivity contribution < 1.29 is 12.8 Å². The Bertz CT molecular complexity index is 913. The molecule has 1 aliphatic rings. The predicted molar refractivity (Wildman–Crippen MR) is 105 cm³/mol. The first-order chi connectivity index (χ1) is 12.0. The van der Waals surface area contributed by atoms with Crippen LogP contribution >= 0.6 is 11.6 Å². The van der Waals surface area contributed by atoms with E-state index in [1.807, 2.05) is 34.9 Å². The minimum absolute atomic E-state index is 0.101. The quantitative estimate of drug-likeness (QED) is 0.765. The molecule has 1 aliphatic carbocycles. The normalized spacial score (nSPS) is 22.3. The van der Waals surface area contributed by atoms with E-state index in [-0.39, 0.29) is 27.0 Å². The third-order valence-corrected chi connectivity index (χ3v) is 7.86. The summed E-state index contributed by atoms with van der Waals surface area (Å²) in [6.07, 6.45) is 3.18. The van der Waals surface area contributed by atoms with Crippen molar-refractivity contribution >= 4 is 32.5 Å². The maximum absolute atomic E-state index is 13.5. The van der Waals surface area contributed by atoms with E-state index in [4.69, 9.17) is 16.0 Å². The lowest BCUT2D eigenvalue weighted by atomic mass is 9.94. The fourth-order valence-electron chi connectivity index (χ4n) is 3.57. The molecule has 7 heteroatoms. The first kappa shape index (κ1) is 19.6. The van der Waals surface area contributed by atoms with Gasteiger partial charge in [0.25, 0.3) is 0 Å². The van der Waals surface area contributed by atoms with E-state index in [1.54, 1.807) is 12.1 Å². The van der Waals surface area contributed by atoms with Crippen LogP contribution in [0.4, 0.5) is 0 Å². The van der Waals surface area contributed by atoms with Gasteiger partial charge in [-0.05, 0) is 45.5 Å². The van der Waals surface area contributed by atoms with Gasteiger partial charge in [0.2, 0.25) is 5.89 Å². The number of oxazole rings is 1. The fourth-order valence-corrected chi connectivity index (χ4v) is 6.07. The van der Waals surface area contributed by atoms with Crippen molar-refractivity contribution in [3.63, 3.8) is 0 Å². The average Bonchev–Trinajstić information content (AvgIpc) is 2.98. The Morgan fingerprint density at radius 3 is 2.54 bits per heavy atom. The lowest BCUT2D eigenvalue weighted by Gasteiger charge is -2.33. The molecule has 144 valence electrons. The highest BCUT2D eigenvalue weighted by Gasteiger charge is 2.37. The van der Waals surface area contributed by atoms with Crippen LogP contribution in [-0.4, -0.2) is 43.7 Å². The Labute approximate surface area is 160 Å². The Morgan fingerprint density at radius 2 is 1.92 bits per heavy atom. The summed E-state index contributed by atoms with van der Waals surface area (Å²) in [6, 6.07) is 3.60. The molecule has 1 aromatic heterocycles.